The number of aromatic nitrogens is 2. The van der Waals surface area contributed by atoms with Crippen molar-refractivity contribution in [2.45, 2.75) is 13.3 Å². The first-order chi connectivity index (χ1) is 7.70. The van der Waals surface area contributed by atoms with Gasteiger partial charge in [0, 0.05) is 18.0 Å². The van der Waals surface area contributed by atoms with E-state index in [-0.39, 0.29) is 0 Å². The first-order valence-corrected chi connectivity index (χ1v) is 4.97. The Bertz CT molecular complexity index is 495. The van der Waals surface area contributed by atoms with Crippen molar-refractivity contribution in [3.8, 4) is 11.4 Å². The van der Waals surface area contributed by atoms with Gasteiger partial charge in [0.25, 0.3) is 0 Å². The summed E-state index contributed by atoms with van der Waals surface area (Å²) in [4.78, 5) is 8.18. The molecule has 0 N–H and O–H groups in total. The molecule has 0 unspecified atom stereocenters. The minimum atomic E-state index is -0.888. The molecule has 16 heavy (non-hydrogen) atoms. The molecule has 0 amide bonds. The van der Waals surface area contributed by atoms with E-state index in [2.05, 4.69) is 9.97 Å². The van der Waals surface area contributed by atoms with Crippen LogP contribution in [0.25, 0.3) is 11.4 Å². The van der Waals surface area contributed by atoms with Crippen LogP contribution in [0.5, 0.6) is 0 Å². The summed E-state index contributed by atoms with van der Waals surface area (Å²) in [5.41, 5.74) is 1.48. The van der Waals surface area contributed by atoms with E-state index in [4.69, 9.17) is 0 Å². The van der Waals surface area contributed by atoms with Crippen molar-refractivity contribution in [1.82, 2.24) is 9.97 Å². The highest BCUT2D eigenvalue weighted by molar-refractivity contribution is 5.54. The van der Waals surface area contributed by atoms with Crippen LogP contribution < -0.4 is 0 Å². The number of hydrogen-bond acceptors (Lipinski definition) is 2. The minimum absolute atomic E-state index is 0.399. The van der Waals surface area contributed by atoms with Gasteiger partial charge in [-0.3, -0.25) is 0 Å². The SMILES string of the molecule is CCc1cnc(-c2ccc(F)c(F)c2)nc1. The lowest BCUT2D eigenvalue weighted by Gasteiger charge is -2.01. The minimum Gasteiger partial charge on any atom is -0.236 e. The van der Waals surface area contributed by atoms with Crippen LogP contribution in [0.2, 0.25) is 0 Å². The average molecular weight is 220 g/mol. The third-order valence-electron chi connectivity index (χ3n) is 2.29. The molecule has 0 fully saturated rings. The van der Waals surface area contributed by atoms with E-state index in [0.29, 0.717) is 11.4 Å². The van der Waals surface area contributed by atoms with Crippen LogP contribution in [0, 0.1) is 11.6 Å². The predicted octanol–water partition coefficient (Wildman–Crippen LogP) is 2.98. The molecule has 0 aliphatic rings. The van der Waals surface area contributed by atoms with Crippen LogP contribution in [-0.2, 0) is 6.42 Å². The first-order valence-electron chi connectivity index (χ1n) is 4.97. The lowest BCUT2D eigenvalue weighted by atomic mass is 10.2. The molecule has 1 aromatic heterocycles. The van der Waals surface area contributed by atoms with Crippen LogP contribution in [0.4, 0.5) is 8.78 Å². The van der Waals surface area contributed by atoms with E-state index in [1.54, 1.807) is 12.4 Å². The quantitative estimate of drug-likeness (QED) is 0.777. The number of aryl methyl sites for hydroxylation is 1. The van der Waals surface area contributed by atoms with E-state index in [1.807, 2.05) is 6.92 Å². The smallest absolute Gasteiger partial charge is 0.159 e. The number of nitrogens with zero attached hydrogens (tertiary/aromatic N) is 2. The maximum absolute atomic E-state index is 13.0. The monoisotopic (exact) mass is 220 g/mol. The molecule has 0 radical (unpaired) electrons. The lowest BCUT2D eigenvalue weighted by molar-refractivity contribution is 0.509. The lowest BCUT2D eigenvalue weighted by Crippen LogP contribution is -1.93. The second-order valence-corrected chi connectivity index (χ2v) is 3.40. The van der Waals surface area contributed by atoms with E-state index in [1.165, 1.54) is 6.07 Å². The number of rotatable bonds is 2. The second-order valence-electron chi connectivity index (χ2n) is 3.40. The summed E-state index contributed by atoms with van der Waals surface area (Å²) in [5.74, 6) is -1.36. The number of hydrogen-bond donors (Lipinski definition) is 0. The van der Waals surface area contributed by atoms with Crippen molar-refractivity contribution >= 4 is 0 Å². The summed E-state index contributed by atoms with van der Waals surface area (Å²) < 4.78 is 25.7. The van der Waals surface area contributed by atoms with E-state index < -0.39 is 11.6 Å². The molecule has 82 valence electrons. The molecular weight excluding hydrogens is 210 g/mol. The van der Waals surface area contributed by atoms with Gasteiger partial charge < -0.3 is 0 Å². The van der Waals surface area contributed by atoms with Gasteiger partial charge in [-0.05, 0) is 30.2 Å². The van der Waals surface area contributed by atoms with Gasteiger partial charge in [0.05, 0.1) is 0 Å². The third-order valence-corrected chi connectivity index (χ3v) is 2.29. The fraction of sp³-hybridized carbons (Fsp3) is 0.167. The van der Waals surface area contributed by atoms with Gasteiger partial charge in [0.15, 0.2) is 17.5 Å². The Kier molecular flexibility index (Phi) is 2.90. The molecule has 0 bridgehead atoms. The van der Waals surface area contributed by atoms with E-state index in [9.17, 15) is 8.78 Å². The van der Waals surface area contributed by atoms with Gasteiger partial charge in [0.1, 0.15) is 0 Å². The Hall–Kier alpha value is -1.84. The van der Waals surface area contributed by atoms with Gasteiger partial charge in [-0.1, -0.05) is 6.92 Å². The molecule has 0 aliphatic carbocycles. The summed E-state index contributed by atoms with van der Waals surface area (Å²) in [6, 6.07) is 3.62. The maximum atomic E-state index is 13.0. The van der Waals surface area contributed by atoms with E-state index >= 15 is 0 Å². The molecule has 0 aliphatic heterocycles. The van der Waals surface area contributed by atoms with Gasteiger partial charge in [-0.15, -0.1) is 0 Å². The zero-order valence-electron chi connectivity index (χ0n) is 8.74. The molecule has 2 nitrogen and oxygen atoms in total. The zero-order chi connectivity index (χ0) is 11.5. The van der Waals surface area contributed by atoms with Crippen molar-refractivity contribution in [2.75, 3.05) is 0 Å². The topological polar surface area (TPSA) is 25.8 Å². The molecule has 0 saturated heterocycles. The molecule has 1 aromatic carbocycles. The molecule has 0 atom stereocenters. The van der Waals surface area contributed by atoms with Crippen LogP contribution in [0.15, 0.2) is 30.6 Å². The second kappa shape index (κ2) is 4.35. The Labute approximate surface area is 92.0 Å². The Morgan fingerprint density at radius 3 is 2.31 bits per heavy atom. The summed E-state index contributed by atoms with van der Waals surface area (Å²) in [6.45, 7) is 2.00. The van der Waals surface area contributed by atoms with Gasteiger partial charge in [-0.25, -0.2) is 18.7 Å². The largest absolute Gasteiger partial charge is 0.236 e. The fourth-order valence-electron chi connectivity index (χ4n) is 1.32. The van der Waals surface area contributed by atoms with Crippen molar-refractivity contribution in [2.24, 2.45) is 0 Å². The van der Waals surface area contributed by atoms with E-state index in [0.717, 1.165) is 24.1 Å². The van der Waals surface area contributed by atoms with Crippen molar-refractivity contribution < 1.29 is 8.78 Å². The summed E-state index contributed by atoms with van der Waals surface area (Å²) in [7, 11) is 0. The van der Waals surface area contributed by atoms with Gasteiger partial charge in [0.2, 0.25) is 0 Å². The molecule has 1 heterocycles. The van der Waals surface area contributed by atoms with Crippen LogP contribution in [0.1, 0.15) is 12.5 Å². The fourth-order valence-corrected chi connectivity index (χ4v) is 1.32. The first kappa shape index (κ1) is 10.7. The Morgan fingerprint density at radius 2 is 1.75 bits per heavy atom. The van der Waals surface area contributed by atoms with Crippen LogP contribution in [-0.4, -0.2) is 9.97 Å². The van der Waals surface area contributed by atoms with Crippen molar-refractivity contribution in [1.29, 1.82) is 0 Å². The zero-order valence-corrected chi connectivity index (χ0v) is 8.74. The number of benzene rings is 1. The highest BCUT2D eigenvalue weighted by Crippen LogP contribution is 2.17. The average Bonchev–Trinajstić information content (AvgIpc) is 2.33. The molecule has 0 saturated carbocycles. The normalized spacial score (nSPS) is 10.4. The molecule has 4 heteroatoms. The summed E-state index contributed by atoms with van der Waals surface area (Å²) in [5, 5.41) is 0. The highest BCUT2D eigenvalue weighted by atomic mass is 19.2. The van der Waals surface area contributed by atoms with Crippen LogP contribution >= 0.6 is 0 Å². The maximum Gasteiger partial charge on any atom is 0.159 e. The third kappa shape index (κ3) is 2.05. The molecule has 2 aromatic rings. The number of halogens is 2. The summed E-state index contributed by atoms with van der Waals surface area (Å²) >= 11 is 0. The highest BCUT2D eigenvalue weighted by Gasteiger charge is 2.06. The van der Waals surface area contributed by atoms with Crippen molar-refractivity contribution in [3.05, 3.63) is 47.8 Å². The summed E-state index contributed by atoms with van der Waals surface area (Å²) in [6.07, 6.45) is 4.21. The van der Waals surface area contributed by atoms with Gasteiger partial charge >= 0.3 is 0 Å². The standard InChI is InChI=1S/C12H10F2N2/c1-2-8-6-15-12(16-7-8)9-3-4-10(13)11(14)5-9/h3-7H,2H2,1H3. The molecule has 2 rings (SSSR count). The van der Waals surface area contributed by atoms with Gasteiger partial charge in [-0.2, -0.15) is 0 Å². The Balaban J connectivity index is 2.38. The van der Waals surface area contributed by atoms with Crippen LogP contribution in [0.3, 0.4) is 0 Å². The molecule has 0 spiro atoms. The Morgan fingerprint density at radius 1 is 1.06 bits per heavy atom. The van der Waals surface area contributed by atoms with Crippen molar-refractivity contribution in [3.63, 3.8) is 0 Å². The predicted molar refractivity (Wildman–Crippen MR) is 56.8 cm³/mol. The molecular formula is C12H10F2N2.